The summed E-state index contributed by atoms with van der Waals surface area (Å²) in [4.78, 5) is 0. The highest BCUT2D eigenvalue weighted by Gasteiger charge is 1.98. The molecule has 0 saturated heterocycles. The van der Waals surface area contributed by atoms with Crippen LogP contribution in [0.25, 0.3) is 0 Å². The Morgan fingerprint density at radius 2 is 2.12 bits per heavy atom. The van der Waals surface area contributed by atoms with Gasteiger partial charge in [0.05, 0.1) is 0 Å². The number of hydrogen-bond donors (Lipinski definition) is 1. The Bertz CT molecular complexity index is 363. The van der Waals surface area contributed by atoms with Gasteiger partial charge in [-0.15, -0.1) is 0 Å². The summed E-state index contributed by atoms with van der Waals surface area (Å²) in [5, 5.41) is 3.34. The molecule has 0 aromatic heterocycles. The first-order valence-corrected chi connectivity index (χ1v) is 6.83. The van der Waals surface area contributed by atoms with Gasteiger partial charge in [0, 0.05) is 4.47 Å². The molecule has 0 aliphatic rings. The van der Waals surface area contributed by atoms with Gasteiger partial charge in [-0.1, -0.05) is 41.1 Å². The van der Waals surface area contributed by atoms with Crippen LogP contribution in [0.4, 0.5) is 4.39 Å². The maximum Gasteiger partial charge on any atom is 0.124 e. The third-order valence-corrected chi connectivity index (χ3v) is 3.17. The summed E-state index contributed by atoms with van der Waals surface area (Å²) in [6.07, 6.45) is 7.35. The molecular formula is C14H19BrFN. The summed E-state index contributed by atoms with van der Waals surface area (Å²) in [6.45, 7) is 4.27. The number of benzene rings is 1. The Kier molecular flexibility index (Phi) is 7.13. The fourth-order valence-electron chi connectivity index (χ4n) is 1.50. The van der Waals surface area contributed by atoms with E-state index in [1.54, 1.807) is 0 Å². The number of allylic oxidation sites excluding steroid dienone is 1. The first-order valence-electron chi connectivity index (χ1n) is 6.03. The molecule has 0 atom stereocenters. The van der Waals surface area contributed by atoms with Gasteiger partial charge in [-0.2, -0.15) is 0 Å². The molecule has 1 aromatic carbocycles. The highest BCUT2D eigenvalue weighted by atomic mass is 79.9. The molecule has 0 spiro atoms. The number of hydrogen-bond acceptors (Lipinski definition) is 1. The molecule has 0 aliphatic carbocycles. The van der Waals surface area contributed by atoms with Crippen molar-refractivity contribution in [1.29, 1.82) is 0 Å². The highest BCUT2D eigenvalue weighted by Crippen LogP contribution is 2.18. The summed E-state index contributed by atoms with van der Waals surface area (Å²) >= 11 is 3.36. The van der Waals surface area contributed by atoms with E-state index in [1.165, 1.54) is 18.6 Å². The van der Waals surface area contributed by atoms with Crippen LogP contribution in [-0.2, 0) is 6.42 Å². The van der Waals surface area contributed by atoms with Gasteiger partial charge in [-0.05, 0) is 50.0 Å². The van der Waals surface area contributed by atoms with Crippen LogP contribution in [0.1, 0.15) is 25.3 Å². The van der Waals surface area contributed by atoms with Crippen LogP contribution >= 0.6 is 15.9 Å². The Labute approximate surface area is 111 Å². The number of halogens is 2. The standard InChI is InChI=1S/C14H19BrFN/c1-2-9-17-10-5-3-4-6-12-7-8-13(16)11-14(12)15/h3-4,7-8,11,17H,2,5-6,9-10H2,1H3. The Hall–Kier alpha value is -0.670. The summed E-state index contributed by atoms with van der Waals surface area (Å²) in [7, 11) is 0. The molecule has 1 rings (SSSR count). The van der Waals surface area contributed by atoms with Crippen molar-refractivity contribution in [3.8, 4) is 0 Å². The van der Waals surface area contributed by atoms with Gasteiger partial charge in [0.2, 0.25) is 0 Å². The lowest BCUT2D eigenvalue weighted by Gasteiger charge is -2.01. The van der Waals surface area contributed by atoms with E-state index in [2.05, 4.69) is 40.3 Å². The molecule has 0 heterocycles. The molecule has 0 radical (unpaired) electrons. The molecule has 0 unspecified atom stereocenters. The molecule has 0 bridgehead atoms. The molecule has 1 N–H and O–H groups in total. The Balaban J connectivity index is 2.27. The van der Waals surface area contributed by atoms with Crippen LogP contribution in [-0.4, -0.2) is 13.1 Å². The van der Waals surface area contributed by atoms with Crippen LogP contribution in [0.5, 0.6) is 0 Å². The van der Waals surface area contributed by atoms with E-state index in [-0.39, 0.29) is 5.82 Å². The van der Waals surface area contributed by atoms with Crippen molar-refractivity contribution in [2.75, 3.05) is 13.1 Å². The minimum atomic E-state index is -0.201. The largest absolute Gasteiger partial charge is 0.316 e. The smallest absolute Gasteiger partial charge is 0.124 e. The van der Waals surface area contributed by atoms with Crippen LogP contribution in [0.2, 0.25) is 0 Å². The minimum Gasteiger partial charge on any atom is -0.316 e. The monoisotopic (exact) mass is 299 g/mol. The van der Waals surface area contributed by atoms with Crippen molar-refractivity contribution in [2.45, 2.75) is 26.2 Å². The van der Waals surface area contributed by atoms with Gasteiger partial charge >= 0.3 is 0 Å². The average molecular weight is 300 g/mol. The van der Waals surface area contributed by atoms with Gasteiger partial charge < -0.3 is 5.32 Å². The van der Waals surface area contributed by atoms with E-state index < -0.39 is 0 Å². The third-order valence-electron chi connectivity index (χ3n) is 2.43. The molecule has 0 fully saturated rings. The predicted molar refractivity (Wildman–Crippen MR) is 74.7 cm³/mol. The van der Waals surface area contributed by atoms with Gasteiger partial charge in [0.15, 0.2) is 0 Å². The lowest BCUT2D eigenvalue weighted by molar-refractivity contribution is 0.626. The van der Waals surface area contributed by atoms with Crippen molar-refractivity contribution >= 4 is 15.9 Å². The molecule has 17 heavy (non-hydrogen) atoms. The van der Waals surface area contributed by atoms with Crippen LogP contribution < -0.4 is 5.32 Å². The fourth-order valence-corrected chi connectivity index (χ4v) is 2.02. The lowest BCUT2D eigenvalue weighted by Crippen LogP contribution is -2.14. The summed E-state index contributed by atoms with van der Waals surface area (Å²) in [5.41, 5.74) is 1.11. The SMILES string of the molecule is CCCNCCC=CCc1ccc(F)cc1Br. The molecule has 1 aromatic rings. The van der Waals surface area contributed by atoms with E-state index in [4.69, 9.17) is 0 Å². The molecule has 0 aliphatic heterocycles. The Morgan fingerprint density at radius 1 is 1.29 bits per heavy atom. The zero-order chi connectivity index (χ0) is 12.5. The van der Waals surface area contributed by atoms with Gasteiger partial charge in [-0.25, -0.2) is 4.39 Å². The third kappa shape index (κ3) is 5.99. The molecule has 0 amide bonds. The number of rotatable bonds is 7. The maximum atomic E-state index is 12.9. The number of nitrogens with one attached hydrogen (secondary N) is 1. The zero-order valence-corrected chi connectivity index (χ0v) is 11.8. The predicted octanol–water partition coefficient (Wildman–Crippen LogP) is 4.08. The van der Waals surface area contributed by atoms with E-state index in [1.807, 2.05) is 6.07 Å². The first kappa shape index (κ1) is 14.4. The highest BCUT2D eigenvalue weighted by molar-refractivity contribution is 9.10. The molecule has 0 saturated carbocycles. The second-order valence-corrected chi connectivity index (χ2v) is 4.80. The molecular weight excluding hydrogens is 281 g/mol. The molecule has 1 nitrogen and oxygen atoms in total. The minimum absolute atomic E-state index is 0.201. The topological polar surface area (TPSA) is 12.0 Å². The second-order valence-electron chi connectivity index (χ2n) is 3.95. The van der Waals surface area contributed by atoms with Crippen LogP contribution in [0.3, 0.4) is 0 Å². The van der Waals surface area contributed by atoms with Crippen molar-refractivity contribution in [3.63, 3.8) is 0 Å². The second kappa shape index (κ2) is 8.43. The first-order chi connectivity index (χ1) is 8.24. The molecule has 3 heteroatoms. The summed E-state index contributed by atoms with van der Waals surface area (Å²) < 4.78 is 13.7. The van der Waals surface area contributed by atoms with Crippen molar-refractivity contribution in [2.24, 2.45) is 0 Å². The van der Waals surface area contributed by atoms with E-state index >= 15 is 0 Å². The normalized spacial score (nSPS) is 11.2. The molecule has 94 valence electrons. The summed E-state index contributed by atoms with van der Waals surface area (Å²) in [6, 6.07) is 4.82. The zero-order valence-electron chi connectivity index (χ0n) is 10.2. The van der Waals surface area contributed by atoms with Crippen LogP contribution in [0, 0.1) is 5.82 Å². The maximum absolute atomic E-state index is 12.9. The summed E-state index contributed by atoms with van der Waals surface area (Å²) in [5.74, 6) is -0.201. The van der Waals surface area contributed by atoms with Crippen LogP contribution in [0.15, 0.2) is 34.8 Å². The Morgan fingerprint density at radius 3 is 2.82 bits per heavy atom. The van der Waals surface area contributed by atoms with Crippen molar-refractivity contribution < 1.29 is 4.39 Å². The van der Waals surface area contributed by atoms with E-state index in [9.17, 15) is 4.39 Å². The average Bonchev–Trinajstić information content (AvgIpc) is 2.30. The van der Waals surface area contributed by atoms with Gasteiger partial charge in [0.25, 0.3) is 0 Å². The lowest BCUT2D eigenvalue weighted by atomic mass is 10.1. The van der Waals surface area contributed by atoms with Gasteiger partial charge in [0.1, 0.15) is 5.82 Å². The van der Waals surface area contributed by atoms with E-state index in [0.717, 1.165) is 36.0 Å². The van der Waals surface area contributed by atoms with Crippen molar-refractivity contribution in [1.82, 2.24) is 5.32 Å². The van der Waals surface area contributed by atoms with Crippen molar-refractivity contribution in [3.05, 3.63) is 46.2 Å². The van der Waals surface area contributed by atoms with Gasteiger partial charge in [-0.3, -0.25) is 0 Å². The fraction of sp³-hybridized carbons (Fsp3) is 0.429. The quantitative estimate of drug-likeness (QED) is 0.591. The van der Waals surface area contributed by atoms with E-state index in [0.29, 0.717) is 0 Å².